The molecule has 118 valence electrons. The quantitative estimate of drug-likeness (QED) is 0.717. The third-order valence-corrected chi connectivity index (χ3v) is 4.70. The zero-order valence-corrected chi connectivity index (χ0v) is 13.7. The predicted molar refractivity (Wildman–Crippen MR) is 87.5 cm³/mol. The number of carbonyl (C=O) groups excluding carboxylic acids is 1. The van der Waals surface area contributed by atoms with Crippen molar-refractivity contribution in [1.29, 1.82) is 0 Å². The van der Waals surface area contributed by atoms with Crippen LogP contribution in [0.5, 0.6) is 0 Å². The van der Waals surface area contributed by atoms with Crippen LogP contribution < -0.4 is 5.32 Å². The number of hydrogen-bond acceptors (Lipinski definition) is 6. The first kappa shape index (κ1) is 15.6. The summed E-state index contributed by atoms with van der Waals surface area (Å²) < 4.78 is 15.4. The number of nitrogens with zero attached hydrogens (tertiary/aromatic N) is 4. The van der Waals surface area contributed by atoms with Crippen LogP contribution in [0.25, 0.3) is 5.69 Å². The fraction of sp³-hybridized carbons (Fsp3) is 0.143. The van der Waals surface area contributed by atoms with E-state index in [0.29, 0.717) is 11.5 Å². The molecule has 0 aliphatic rings. The van der Waals surface area contributed by atoms with E-state index >= 15 is 0 Å². The number of rotatable bonds is 5. The van der Waals surface area contributed by atoms with Crippen molar-refractivity contribution in [2.45, 2.75) is 11.3 Å². The summed E-state index contributed by atoms with van der Waals surface area (Å²) in [6, 6.07) is 7.67. The van der Waals surface area contributed by atoms with Gasteiger partial charge in [-0.15, -0.1) is 10.2 Å². The second-order valence-corrected chi connectivity index (χ2v) is 6.66. The molecule has 0 aliphatic heterocycles. The molecule has 0 radical (unpaired) electrons. The Morgan fingerprint density at radius 1 is 1.39 bits per heavy atom. The van der Waals surface area contributed by atoms with Crippen molar-refractivity contribution in [3.8, 4) is 5.69 Å². The van der Waals surface area contributed by atoms with Crippen molar-refractivity contribution >= 4 is 34.8 Å². The summed E-state index contributed by atoms with van der Waals surface area (Å²) in [5, 5.41) is 14.7. The lowest BCUT2D eigenvalue weighted by Crippen LogP contribution is -2.16. The normalized spacial score (nSPS) is 10.7. The lowest BCUT2D eigenvalue weighted by molar-refractivity contribution is -0.113. The van der Waals surface area contributed by atoms with Gasteiger partial charge in [-0.25, -0.2) is 9.07 Å². The molecule has 0 saturated heterocycles. The first-order valence-electron chi connectivity index (χ1n) is 6.63. The molecule has 3 aromatic rings. The zero-order chi connectivity index (χ0) is 16.2. The smallest absolute Gasteiger partial charge is 0.235 e. The molecule has 0 saturated carbocycles. The van der Waals surface area contributed by atoms with Gasteiger partial charge >= 0.3 is 0 Å². The van der Waals surface area contributed by atoms with Crippen molar-refractivity contribution in [1.82, 2.24) is 20.0 Å². The summed E-state index contributed by atoms with van der Waals surface area (Å²) >= 11 is 2.70. The molecule has 2 heterocycles. The third kappa shape index (κ3) is 3.93. The Morgan fingerprint density at radius 3 is 2.87 bits per heavy atom. The highest BCUT2D eigenvalue weighted by Gasteiger charge is 2.12. The number of aromatic nitrogens is 4. The SMILES string of the molecule is Cc1cc(NC(=O)CSc2nncs2)n(-c2ccc(F)cc2)n1. The van der Waals surface area contributed by atoms with Gasteiger partial charge in [-0.1, -0.05) is 23.1 Å². The molecule has 0 unspecified atom stereocenters. The first-order valence-corrected chi connectivity index (χ1v) is 8.50. The molecular weight excluding hydrogens is 337 g/mol. The Hall–Kier alpha value is -2.26. The Labute approximate surface area is 139 Å². The summed E-state index contributed by atoms with van der Waals surface area (Å²) in [5.74, 6) is 0.269. The van der Waals surface area contributed by atoms with Crippen molar-refractivity contribution in [2.75, 3.05) is 11.1 Å². The van der Waals surface area contributed by atoms with Gasteiger partial charge in [0.2, 0.25) is 5.91 Å². The molecule has 0 aliphatic carbocycles. The highest BCUT2D eigenvalue weighted by Crippen LogP contribution is 2.21. The monoisotopic (exact) mass is 349 g/mol. The molecule has 6 nitrogen and oxygen atoms in total. The Morgan fingerprint density at radius 2 is 2.17 bits per heavy atom. The van der Waals surface area contributed by atoms with Crippen LogP contribution in [0.2, 0.25) is 0 Å². The number of anilines is 1. The molecule has 23 heavy (non-hydrogen) atoms. The van der Waals surface area contributed by atoms with E-state index in [-0.39, 0.29) is 17.5 Å². The van der Waals surface area contributed by atoms with Gasteiger partial charge in [0, 0.05) is 6.07 Å². The number of carbonyl (C=O) groups is 1. The second-order valence-electron chi connectivity index (χ2n) is 4.60. The van der Waals surface area contributed by atoms with Crippen molar-refractivity contribution in [3.63, 3.8) is 0 Å². The van der Waals surface area contributed by atoms with Crippen molar-refractivity contribution in [3.05, 3.63) is 47.4 Å². The number of halogens is 1. The minimum absolute atomic E-state index is 0.173. The highest BCUT2D eigenvalue weighted by atomic mass is 32.2. The van der Waals surface area contributed by atoms with Crippen molar-refractivity contribution < 1.29 is 9.18 Å². The fourth-order valence-corrected chi connectivity index (χ4v) is 3.19. The minimum Gasteiger partial charge on any atom is -0.310 e. The van der Waals surface area contributed by atoms with Crippen LogP contribution in [0.4, 0.5) is 10.2 Å². The molecule has 0 bridgehead atoms. The maximum Gasteiger partial charge on any atom is 0.235 e. The van der Waals surface area contributed by atoms with Crippen LogP contribution >= 0.6 is 23.1 Å². The van der Waals surface area contributed by atoms with Crippen LogP contribution in [0.1, 0.15) is 5.69 Å². The largest absolute Gasteiger partial charge is 0.310 e. The summed E-state index contributed by atoms with van der Waals surface area (Å²) in [7, 11) is 0. The van der Waals surface area contributed by atoms with Gasteiger partial charge in [-0.05, 0) is 31.2 Å². The molecule has 1 N–H and O–H groups in total. The third-order valence-electron chi connectivity index (χ3n) is 2.84. The maximum absolute atomic E-state index is 13.0. The number of thioether (sulfide) groups is 1. The fourth-order valence-electron chi connectivity index (χ4n) is 1.90. The van der Waals surface area contributed by atoms with Gasteiger partial charge in [-0.2, -0.15) is 5.10 Å². The van der Waals surface area contributed by atoms with Crippen molar-refractivity contribution in [2.24, 2.45) is 0 Å². The van der Waals surface area contributed by atoms with E-state index in [2.05, 4.69) is 20.6 Å². The Kier molecular flexibility index (Phi) is 4.68. The number of hydrogen-bond donors (Lipinski definition) is 1. The van der Waals surface area contributed by atoms with Crippen LogP contribution in [0, 0.1) is 12.7 Å². The standard InChI is InChI=1S/C14H12FN5OS2/c1-9-6-12(17-13(21)7-22-14-18-16-8-23-14)20(19-9)11-4-2-10(15)3-5-11/h2-6,8H,7H2,1H3,(H,17,21). The van der Waals surface area contributed by atoms with E-state index in [1.54, 1.807) is 28.4 Å². The lowest BCUT2D eigenvalue weighted by Gasteiger charge is -2.08. The summed E-state index contributed by atoms with van der Waals surface area (Å²) in [5.41, 5.74) is 3.04. The average Bonchev–Trinajstić information content (AvgIpc) is 3.16. The Balaban J connectivity index is 1.72. The maximum atomic E-state index is 13.0. The second kappa shape index (κ2) is 6.88. The van der Waals surface area contributed by atoms with E-state index in [1.807, 2.05) is 6.92 Å². The molecule has 3 rings (SSSR count). The van der Waals surface area contributed by atoms with Gasteiger partial charge in [-0.3, -0.25) is 4.79 Å². The molecule has 1 aromatic carbocycles. The van der Waals surface area contributed by atoms with Crippen LogP contribution in [0.15, 0.2) is 40.2 Å². The van der Waals surface area contributed by atoms with Gasteiger partial charge in [0.15, 0.2) is 4.34 Å². The van der Waals surface area contributed by atoms with Gasteiger partial charge < -0.3 is 5.32 Å². The van der Waals surface area contributed by atoms with Gasteiger partial charge in [0.25, 0.3) is 0 Å². The Bertz CT molecular complexity index is 801. The first-order chi connectivity index (χ1) is 11.1. The molecule has 0 fully saturated rings. The van der Waals surface area contributed by atoms with Crippen LogP contribution in [-0.4, -0.2) is 31.6 Å². The van der Waals surface area contributed by atoms with Gasteiger partial charge in [0.05, 0.1) is 17.1 Å². The number of benzene rings is 1. The van der Waals surface area contributed by atoms with E-state index in [0.717, 1.165) is 10.0 Å². The predicted octanol–water partition coefficient (Wildman–Crippen LogP) is 2.90. The van der Waals surface area contributed by atoms with Crippen LogP contribution in [0.3, 0.4) is 0 Å². The van der Waals surface area contributed by atoms with E-state index in [1.165, 1.54) is 35.2 Å². The molecule has 9 heteroatoms. The molecule has 0 atom stereocenters. The lowest BCUT2D eigenvalue weighted by atomic mass is 10.3. The number of aryl methyl sites for hydroxylation is 1. The summed E-state index contributed by atoms with van der Waals surface area (Å²) in [6.45, 7) is 1.83. The number of nitrogens with one attached hydrogen (secondary N) is 1. The average molecular weight is 349 g/mol. The van der Waals surface area contributed by atoms with E-state index in [4.69, 9.17) is 0 Å². The van der Waals surface area contributed by atoms with Gasteiger partial charge in [0.1, 0.15) is 17.1 Å². The van der Waals surface area contributed by atoms with E-state index in [9.17, 15) is 9.18 Å². The summed E-state index contributed by atoms with van der Waals surface area (Å²) in [4.78, 5) is 12.1. The number of amides is 1. The van der Waals surface area contributed by atoms with Crippen LogP contribution in [-0.2, 0) is 4.79 Å². The molecule has 2 aromatic heterocycles. The topological polar surface area (TPSA) is 72.7 Å². The summed E-state index contributed by atoms with van der Waals surface area (Å²) in [6.07, 6.45) is 0. The van der Waals surface area contributed by atoms with E-state index < -0.39 is 0 Å². The molecule has 1 amide bonds. The molecular formula is C14H12FN5OS2. The minimum atomic E-state index is -0.323. The zero-order valence-electron chi connectivity index (χ0n) is 12.1. The molecule has 0 spiro atoms. The highest BCUT2D eigenvalue weighted by molar-refractivity contribution is 8.01.